The van der Waals surface area contributed by atoms with Crippen molar-refractivity contribution in [1.82, 2.24) is 9.29 Å². The molecule has 0 radical (unpaired) electrons. The van der Waals surface area contributed by atoms with Gasteiger partial charge in [0.1, 0.15) is 5.82 Å². The molecule has 0 atom stereocenters. The van der Waals surface area contributed by atoms with E-state index >= 15 is 0 Å². The van der Waals surface area contributed by atoms with E-state index in [2.05, 4.69) is 16.4 Å². The van der Waals surface area contributed by atoms with Crippen molar-refractivity contribution in [3.63, 3.8) is 0 Å². The number of nitrogens with one attached hydrogen (secondary N) is 1. The summed E-state index contributed by atoms with van der Waals surface area (Å²) in [6.07, 6.45) is 0. The quantitative estimate of drug-likeness (QED) is 0.903. The van der Waals surface area contributed by atoms with Crippen LogP contribution in [-0.2, 0) is 10.0 Å². The van der Waals surface area contributed by atoms with Crippen LogP contribution in [0.4, 0.5) is 5.82 Å². The summed E-state index contributed by atoms with van der Waals surface area (Å²) >= 11 is 0. The van der Waals surface area contributed by atoms with Crippen LogP contribution < -0.4 is 5.32 Å². The Balaban J connectivity index is 1.60. The number of benzene rings is 1. The van der Waals surface area contributed by atoms with Crippen molar-refractivity contribution in [3.05, 3.63) is 35.9 Å². The molecular formula is C16H18N4O2S. The highest BCUT2D eigenvalue weighted by Crippen LogP contribution is 2.21. The first-order chi connectivity index (χ1) is 11.0. The maximum absolute atomic E-state index is 11.7. The number of sulfonamides is 1. The fraction of sp³-hybridized carbons (Fsp3) is 0.375. The van der Waals surface area contributed by atoms with E-state index < -0.39 is 10.0 Å². The Morgan fingerprint density at radius 1 is 1.35 bits per heavy atom. The average Bonchev–Trinajstić information content (AvgIpc) is 2.52. The van der Waals surface area contributed by atoms with E-state index in [-0.39, 0.29) is 5.75 Å². The van der Waals surface area contributed by atoms with Gasteiger partial charge in [-0.3, -0.25) is 0 Å². The molecule has 0 aliphatic carbocycles. The van der Waals surface area contributed by atoms with E-state index in [1.54, 1.807) is 13.0 Å². The van der Waals surface area contributed by atoms with Crippen molar-refractivity contribution in [1.29, 1.82) is 5.26 Å². The molecule has 1 aliphatic heterocycles. The first-order valence-electron chi connectivity index (χ1n) is 7.54. The molecule has 1 aromatic heterocycles. The summed E-state index contributed by atoms with van der Waals surface area (Å²) in [6.45, 7) is 3.51. The molecule has 0 unspecified atom stereocenters. The summed E-state index contributed by atoms with van der Waals surface area (Å²) in [5.41, 5.74) is 1.45. The van der Waals surface area contributed by atoms with Gasteiger partial charge in [-0.2, -0.15) is 5.26 Å². The second-order valence-electron chi connectivity index (χ2n) is 5.68. The van der Waals surface area contributed by atoms with Crippen molar-refractivity contribution < 1.29 is 8.42 Å². The first kappa shape index (κ1) is 15.7. The van der Waals surface area contributed by atoms with Gasteiger partial charge in [-0.1, -0.05) is 0 Å². The maximum Gasteiger partial charge on any atom is 0.213 e. The molecule has 2 heterocycles. The Bertz CT molecular complexity index is 867. The lowest BCUT2D eigenvalue weighted by atomic mass is 10.0. The molecular weight excluding hydrogens is 312 g/mol. The Morgan fingerprint density at radius 2 is 2.13 bits per heavy atom. The SMILES string of the molecule is CCS(=O)(=O)N1CC(CNc2ccc3cc(C#N)ccc3n2)C1. The van der Waals surface area contributed by atoms with Crippen molar-refractivity contribution >= 4 is 26.7 Å². The summed E-state index contributed by atoms with van der Waals surface area (Å²) in [5.74, 6) is 1.23. The maximum atomic E-state index is 11.7. The smallest absolute Gasteiger partial charge is 0.213 e. The summed E-state index contributed by atoms with van der Waals surface area (Å²) < 4.78 is 24.9. The van der Waals surface area contributed by atoms with E-state index in [0.29, 0.717) is 31.1 Å². The summed E-state index contributed by atoms with van der Waals surface area (Å²) in [4.78, 5) is 4.51. The van der Waals surface area contributed by atoms with Crippen molar-refractivity contribution in [2.45, 2.75) is 6.92 Å². The molecule has 0 amide bonds. The molecule has 1 fully saturated rings. The van der Waals surface area contributed by atoms with Crippen LogP contribution >= 0.6 is 0 Å². The molecule has 0 spiro atoms. The van der Waals surface area contributed by atoms with E-state index in [1.807, 2.05) is 24.3 Å². The van der Waals surface area contributed by atoms with Gasteiger partial charge in [-0.25, -0.2) is 17.7 Å². The highest BCUT2D eigenvalue weighted by atomic mass is 32.2. The highest BCUT2D eigenvalue weighted by Gasteiger charge is 2.34. The molecule has 3 rings (SSSR count). The lowest BCUT2D eigenvalue weighted by Crippen LogP contribution is -2.52. The van der Waals surface area contributed by atoms with Gasteiger partial charge >= 0.3 is 0 Å². The predicted molar refractivity (Wildman–Crippen MR) is 89.5 cm³/mol. The topological polar surface area (TPSA) is 86.1 Å². The fourth-order valence-electron chi connectivity index (χ4n) is 2.60. The molecule has 1 saturated heterocycles. The monoisotopic (exact) mass is 330 g/mol. The van der Waals surface area contributed by atoms with Crippen LogP contribution in [0, 0.1) is 17.2 Å². The Labute approximate surface area is 135 Å². The molecule has 1 aliphatic rings. The average molecular weight is 330 g/mol. The molecule has 23 heavy (non-hydrogen) atoms. The zero-order chi connectivity index (χ0) is 16.4. The van der Waals surface area contributed by atoms with Crippen molar-refractivity contribution in [2.24, 2.45) is 5.92 Å². The van der Waals surface area contributed by atoms with Crippen LogP contribution in [0.15, 0.2) is 30.3 Å². The Morgan fingerprint density at radius 3 is 2.83 bits per heavy atom. The minimum atomic E-state index is -3.05. The van der Waals surface area contributed by atoms with E-state index in [1.165, 1.54) is 4.31 Å². The first-order valence-corrected chi connectivity index (χ1v) is 9.15. The second kappa shape index (κ2) is 6.14. The number of anilines is 1. The van der Waals surface area contributed by atoms with Crippen LogP contribution in [-0.4, -0.2) is 43.1 Å². The molecule has 7 heteroatoms. The zero-order valence-corrected chi connectivity index (χ0v) is 13.7. The summed E-state index contributed by atoms with van der Waals surface area (Å²) in [5, 5.41) is 13.1. The third-order valence-corrected chi connectivity index (χ3v) is 5.89. The molecule has 0 saturated carbocycles. The van der Waals surface area contributed by atoms with Gasteiger partial charge in [0.2, 0.25) is 10.0 Å². The zero-order valence-electron chi connectivity index (χ0n) is 12.9. The van der Waals surface area contributed by atoms with Gasteiger partial charge < -0.3 is 5.32 Å². The van der Waals surface area contributed by atoms with Crippen LogP contribution in [0.2, 0.25) is 0 Å². The number of rotatable bonds is 5. The standard InChI is InChI=1S/C16H18N4O2S/c1-2-23(21,22)20-10-13(11-20)9-18-16-6-4-14-7-12(8-17)3-5-15(14)19-16/h3-7,13H,2,9-11H2,1H3,(H,18,19). The molecule has 1 aromatic carbocycles. The molecule has 120 valence electrons. The van der Waals surface area contributed by atoms with Gasteiger partial charge in [0.05, 0.1) is 22.9 Å². The molecule has 1 N–H and O–H groups in total. The summed E-state index contributed by atoms with van der Waals surface area (Å²) in [6, 6.07) is 11.3. The lowest BCUT2D eigenvalue weighted by molar-refractivity contribution is 0.212. The number of pyridine rings is 1. The number of fused-ring (bicyclic) bond motifs is 1. The van der Waals surface area contributed by atoms with Crippen molar-refractivity contribution in [2.75, 3.05) is 30.7 Å². The molecule has 0 bridgehead atoms. The van der Waals surface area contributed by atoms with Crippen LogP contribution in [0.5, 0.6) is 0 Å². The van der Waals surface area contributed by atoms with E-state index in [0.717, 1.165) is 16.7 Å². The second-order valence-corrected chi connectivity index (χ2v) is 7.94. The number of hydrogen-bond acceptors (Lipinski definition) is 5. The Kier molecular flexibility index (Phi) is 4.20. The largest absolute Gasteiger partial charge is 0.370 e. The lowest BCUT2D eigenvalue weighted by Gasteiger charge is -2.38. The number of nitriles is 1. The fourth-order valence-corrected chi connectivity index (χ4v) is 3.84. The normalized spacial score (nSPS) is 16.0. The van der Waals surface area contributed by atoms with Gasteiger partial charge in [0.25, 0.3) is 0 Å². The van der Waals surface area contributed by atoms with E-state index in [4.69, 9.17) is 5.26 Å². The van der Waals surface area contributed by atoms with Crippen molar-refractivity contribution in [3.8, 4) is 6.07 Å². The highest BCUT2D eigenvalue weighted by molar-refractivity contribution is 7.89. The third-order valence-electron chi connectivity index (χ3n) is 4.07. The number of hydrogen-bond donors (Lipinski definition) is 1. The molecule has 2 aromatic rings. The van der Waals surface area contributed by atoms with Crippen LogP contribution in [0.3, 0.4) is 0 Å². The van der Waals surface area contributed by atoms with Crippen LogP contribution in [0.25, 0.3) is 10.9 Å². The third kappa shape index (κ3) is 3.28. The number of nitrogens with zero attached hydrogens (tertiary/aromatic N) is 3. The van der Waals surface area contributed by atoms with E-state index in [9.17, 15) is 8.42 Å². The molecule has 6 nitrogen and oxygen atoms in total. The minimum absolute atomic E-state index is 0.157. The van der Waals surface area contributed by atoms with Gasteiger partial charge in [0, 0.05) is 30.9 Å². The van der Waals surface area contributed by atoms with Gasteiger partial charge in [0.15, 0.2) is 0 Å². The predicted octanol–water partition coefficient (Wildman–Crippen LogP) is 1.80. The summed E-state index contributed by atoms with van der Waals surface area (Å²) in [7, 11) is -3.05. The van der Waals surface area contributed by atoms with Gasteiger partial charge in [-0.15, -0.1) is 0 Å². The van der Waals surface area contributed by atoms with Gasteiger partial charge in [-0.05, 0) is 37.3 Å². The number of aromatic nitrogens is 1. The minimum Gasteiger partial charge on any atom is -0.370 e. The van der Waals surface area contributed by atoms with Crippen LogP contribution in [0.1, 0.15) is 12.5 Å². The Hall–Kier alpha value is -2.17.